The maximum atomic E-state index is 15.0. The number of nitrogens with zero attached hydrogens (tertiary/aromatic N) is 2. The summed E-state index contributed by atoms with van der Waals surface area (Å²) in [6.07, 6.45) is 2.83. The molecule has 13 heteroatoms. The molecule has 10 nitrogen and oxygen atoms in total. The van der Waals surface area contributed by atoms with Gasteiger partial charge in [0.15, 0.2) is 15.1 Å². The number of halogens is 1. The summed E-state index contributed by atoms with van der Waals surface area (Å²) in [5, 5.41) is 14.6. The van der Waals surface area contributed by atoms with Gasteiger partial charge in [-0.3, -0.25) is 14.4 Å². The number of benzene rings is 2. The second kappa shape index (κ2) is 11.2. The molecule has 3 aromatic rings. The molecule has 38 heavy (non-hydrogen) atoms. The van der Waals surface area contributed by atoms with Crippen molar-refractivity contribution in [3.05, 3.63) is 52.8 Å². The minimum absolute atomic E-state index is 0.0384. The van der Waals surface area contributed by atoms with Crippen molar-refractivity contribution < 1.29 is 27.2 Å². The lowest BCUT2D eigenvalue weighted by Crippen LogP contribution is -2.41. The molecule has 1 unspecified atom stereocenters. The number of rotatable bonds is 10. The van der Waals surface area contributed by atoms with Crippen LogP contribution in [-0.2, 0) is 19.4 Å². The summed E-state index contributed by atoms with van der Waals surface area (Å²) in [7, 11) is -3.96. The highest BCUT2D eigenvalue weighted by atomic mass is 32.2. The molecule has 1 aromatic heterocycles. The summed E-state index contributed by atoms with van der Waals surface area (Å²) < 4.78 is 40.4. The van der Waals surface area contributed by atoms with Crippen LogP contribution in [0.4, 0.5) is 4.39 Å². The highest BCUT2D eigenvalue weighted by Gasteiger charge is 2.34. The van der Waals surface area contributed by atoms with E-state index < -0.39 is 32.7 Å². The molecule has 0 spiro atoms. The molecule has 4 rings (SSSR count). The molecule has 198 valence electrons. The van der Waals surface area contributed by atoms with E-state index in [1.54, 1.807) is 12.1 Å². The van der Waals surface area contributed by atoms with Gasteiger partial charge in [0.25, 0.3) is 5.91 Å². The Balaban J connectivity index is 1.56. The molecule has 2 aromatic carbocycles. The molecular weight excluding hydrogens is 533 g/mol. The first kappa shape index (κ1) is 27.2. The Morgan fingerprint density at radius 1 is 1.18 bits per heavy atom. The van der Waals surface area contributed by atoms with Gasteiger partial charge in [0.1, 0.15) is 10.8 Å². The Hall–Kier alpha value is -3.89. The Morgan fingerprint density at radius 3 is 2.53 bits per heavy atom. The van der Waals surface area contributed by atoms with Crippen molar-refractivity contribution in [2.45, 2.75) is 30.6 Å². The van der Waals surface area contributed by atoms with Crippen LogP contribution in [-0.4, -0.2) is 56.5 Å². The number of aromatic nitrogens is 1. The van der Waals surface area contributed by atoms with Crippen molar-refractivity contribution in [2.24, 2.45) is 0 Å². The topological polar surface area (TPSA) is 158 Å². The summed E-state index contributed by atoms with van der Waals surface area (Å²) in [6.45, 7) is -0.145. The van der Waals surface area contributed by atoms with Crippen LogP contribution in [0.5, 0.6) is 0 Å². The highest BCUT2D eigenvalue weighted by molar-refractivity contribution is 7.91. The van der Waals surface area contributed by atoms with Gasteiger partial charge in [-0.15, -0.1) is 11.3 Å². The van der Waals surface area contributed by atoms with Crippen LogP contribution in [0.1, 0.15) is 39.9 Å². The average molecular weight is 558 g/mol. The molecule has 1 fully saturated rings. The number of fused-ring (bicyclic) bond motifs is 1. The molecule has 3 N–H and O–H groups in total. The van der Waals surface area contributed by atoms with Crippen molar-refractivity contribution in [1.82, 2.24) is 20.9 Å². The smallest absolute Gasteiger partial charge is 0.251 e. The fourth-order valence-corrected chi connectivity index (χ4v) is 6.22. The third kappa shape index (κ3) is 6.51. The molecule has 0 bridgehead atoms. The maximum absolute atomic E-state index is 15.0. The largest absolute Gasteiger partial charge is 0.352 e. The van der Waals surface area contributed by atoms with Crippen molar-refractivity contribution >= 4 is 49.1 Å². The number of nitriles is 1. The summed E-state index contributed by atoms with van der Waals surface area (Å²) in [5.41, 5.74) is 1.22. The van der Waals surface area contributed by atoms with Crippen LogP contribution in [0.15, 0.2) is 36.4 Å². The zero-order valence-corrected chi connectivity index (χ0v) is 21.9. The van der Waals surface area contributed by atoms with Crippen LogP contribution in [0.25, 0.3) is 21.3 Å². The molecule has 1 aliphatic carbocycles. The Bertz CT molecular complexity index is 1540. The summed E-state index contributed by atoms with van der Waals surface area (Å²) in [5.74, 6) is -2.26. The normalized spacial score (nSPS) is 13.9. The summed E-state index contributed by atoms with van der Waals surface area (Å²) >= 11 is 0.943. The van der Waals surface area contributed by atoms with Gasteiger partial charge >= 0.3 is 0 Å². The standard InChI is InChI=1S/C25H24FN5O5S2/c1-38(35,36)22(24(34)29-13-21(32)30-16-7-8-16)25-31-19-12-18(26)17(11-20(19)37-25)14-3-5-15(6-4-14)23(33)28-10-2-9-27/h3-6,11-12,16,22H,2,7-8,10,13H2,1H3,(H,28,33)(H,29,34)(H,30,32). The number of carbonyl (C=O) groups is 3. The number of hydrogen-bond donors (Lipinski definition) is 3. The monoisotopic (exact) mass is 557 g/mol. The zero-order chi connectivity index (χ0) is 27.4. The first-order valence-electron chi connectivity index (χ1n) is 11.7. The van der Waals surface area contributed by atoms with Gasteiger partial charge < -0.3 is 16.0 Å². The van der Waals surface area contributed by atoms with Crippen molar-refractivity contribution in [2.75, 3.05) is 19.3 Å². The predicted octanol–water partition coefficient (Wildman–Crippen LogP) is 2.23. The quantitative estimate of drug-likeness (QED) is 0.323. The number of hydrogen-bond acceptors (Lipinski definition) is 8. The SMILES string of the molecule is CS(=O)(=O)C(C(=O)NCC(=O)NC1CC1)c1nc2cc(F)c(-c3ccc(C(=O)NCCC#N)cc3)cc2s1. The molecule has 1 heterocycles. The van der Waals surface area contributed by atoms with E-state index in [1.807, 2.05) is 6.07 Å². The number of thiazole rings is 1. The first-order valence-corrected chi connectivity index (χ1v) is 14.5. The Kier molecular flexibility index (Phi) is 8.03. The number of nitrogens with one attached hydrogen (secondary N) is 3. The molecule has 3 amide bonds. The zero-order valence-electron chi connectivity index (χ0n) is 20.3. The van der Waals surface area contributed by atoms with Crippen LogP contribution < -0.4 is 16.0 Å². The predicted molar refractivity (Wildman–Crippen MR) is 139 cm³/mol. The van der Waals surface area contributed by atoms with E-state index in [0.717, 1.165) is 36.5 Å². The van der Waals surface area contributed by atoms with Gasteiger partial charge in [-0.1, -0.05) is 12.1 Å². The van der Waals surface area contributed by atoms with E-state index in [9.17, 15) is 22.8 Å². The average Bonchev–Trinajstić information content (AvgIpc) is 3.59. The van der Waals surface area contributed by atoms with Crippen LogP contribution in [0, 0.1) is 17.1 Å². The lowest BCUT2D eigenvalue weighted by molar-refractivity contribution is -0.126. The second-order valence-corrected chi connectivity index (χ2v) is 12.1. The van der Waals surface area contributed by atoms with Crippen LogP contribution in [0.2, 0.25) is 0 Å². The minimum Gasteiger partial charge on any atom is -0.352 e. The van der Waals surface area contributed by atoms with E-state index in [0.29, 0.717) is 15.8 Å². The molecule has 0 aliphatic heterocycles. The van der Waals surface area contributed by atoms with Crippen LogP contribution in [0.3, 0.4) is 0 Å². The molecule has 0 saturated heterocycles. The lowest BCUT2D eigenvalue weighted by Gasteiger charge is -2.12. The first-order chi connectivity index (χ1) is 18.1. The van der Waals surface area contributed by atoms with Gasteiger partial charge in [-0.2, -0.15) is 5.26 Å². The third-order valence-electron chi connectivity index (χ3n) is 5.73. The second-order valence-electron chi connectivity index (χ2n) is 8.86. The van der Waals surface area contributed by atoms with E-state index >= 15 is 4.39 Å². The van der Waals surface area contributed by atoms with Gasteiger partial charge in [-0.25, -0.2) is 17.8 Å². The van der Waals surface area contributed by atoms with Gasteiger partial charge in [0, 0.05) is 36.0 Å². The highest BCUT2D eigenvalue weighted by Crippen LogP contribution is 2.35. The van der Waals surface area contributed by atoms with Crippen LogP contribution >= 0.6 is 11.3 Å². The molecule has 1 saturated carbocycles. The fraction of sp³-hybridized carbons (Fsp3) is 0.320. The molecule has 0 radical (unpaired) electrons. The van der Waals surface area contributed by atoms with Gasteiger partial charge in [0.05, 0.1) is 29.3 Å². The van der Waals surface area contributed by atoms with Gasteiger partial charge in [0.2, 0.25) is 11.8 Å². The number of amides is 3. The van der Waals surface area contributed by atoms with Gasteiger partial charge in [-0.05, 0) is 36.6 Å². The third-order valence-corrected chi connectivity index (χ3v) is 8.26. The Morgan fingerprint density at radius 2 is 1.89 bits per heavy atom. The van der Waals surface area contributed by atoms with E-state index in [2.05, 4.69) is 20.9 Å². The summed E-state index contributed by atoms with van der Waals surface area (Å²) in [6, 6.07) is 10.9. The fourth-order valence-electron chi connectivity index (χ4n) is 3.69. The number of sulfone groups is 1. The van der Waals surface area contributed by atoms with E-state index in [1.165, 1.54) is 18.2 Å². The Labute approximate surface area is 222 Å². The van der Waals surface area contributed by atoms with E-state index in [4.69, 9.17) is 5.26 Å². The minimum atomic E-state index is -3.96. The number of carbonyl (C=O) groups excluding carboxylic acids is 3. The lowest BCUT2D eigenvalue weighted by atomic mass is 10.0. The summed E-state index contributed by atoms with van der Waals surface area (Å²) in [4.78, 5) is 41.0. The molecule has 1 aliphatic rings. The van der Waals surface area contributed by atoms with Crippen molar-refractivity contribution in [3.63, 3.8) is 0 Å². The molecular formula is C25H24FN5O5S2. The maximum Gasteiger partial charge on any atom is 0.251 e. The van der Waals surface area contributed by atoms with Crippen molar-refractivity contribution in [3.8, 4) is 17.2 Å². The van der Waals surface area contributed by atoms with Crippen molar-refractivity contribution in [1.29, 1.82) is 5.26 Å². The molecule has 1 atom stereocenters. The van der Waals surface area contributed by atoms with E-state index in [-0.39, 0.29) is 47.5 Å².